The third-order valence-corrected chi connectivity index (χ3v) is 6.33. The van der Waals surface area contributed by atoms with E-state index in [1.54, 1.807) is 6.20 Å². The smallest absolute Gasteiger partial charge is 0.265 e. The minimum atomic E-state index is 0.0701. The number of hydrogen-bond donors (Lipinski definition) is 0. The van der Waals surface area contributed by atoms with Gasteiger partial charge in [0.15, 0.2) is 5.89 Å². The number of carbonyl (C=O) groups is 1. The molecule has 7 heteroatoms. The predicted molar refractivity (Wildman–Crippen MR) is 110 cm³/mol. The molecule has 0 bridgehead atoms. The second-order valence-electron chi connectivity index (χ2n) is 7.21. The second kappa shape index (κ2) is 8.05. The van der Waals surface area contributed by atoms with Crippen LogP contribution in [0.15, 0.2) is 34.9 Å². The maximum absolute atomic E-state index is 12.9. The van der Waals surface area contributed by atoms with Gasteiger partial charge in [0.05, 0.1) is 22.8 Å². The summed E-state index contributed by atoms with van der Waals surface area (Å²) in [4.78, 5) is 24.5. The van der Waals surface area contributed by atoms with Crippen LogP contribution in [0.1, 0.15) is 56.3 Å². The van der Waals surface area contributed by atoms with E-state index < -0.39 is 0 Å². The molecule has 1 saturated heterocycles. The predicted octanol–water partition coefficient (Wildman–Crippen LogP) is 5.01. The molecule has 5 nitrogen and oxygen atoms in total. The van der Waals surface area contributed by atoms with E-state index in [9.17, 15) is 4.79 Å². The molecule has 146 valence electrons. The van der Waals surface area contributed by atoms with Gasteiger partial charge in [-0.3, -0.25) is 4.79 Å². The number of thiazole rings is 1. The summed E-state index contributed by atoms with van der Waals surface area (Å²) in [6, 6.07) is 7.74. The fourth-order valence-electron chi connectivity index (χ4n) is 3.63. The van der Waals surface area contributed by atoms with Gasteiger partial charge in [0, 0.05) is 24.5 Å². The number of aromatic nitrogens is 2. The van der Waals surface area contributed by atoms with Gasteiger partial charge in [0.2, 0.25) is 0 Å². The highest BCUT2D eigenvalue weighted by Gasteiger charge is 2.30. The first-order chi connectivity index (χ1) is 13.5. The molecule has 1 atom stereocenters. The van der Waals surface area contributed by atoms with Crippen LogP contribution in [0.5, 0.6) is 0 Å². The average molecular weight is 416 g/mol. The lowest BCUT2D eigenvalue weighted by atomic mass is 9.98. The molecule has 4 rings (SSSR count). The molecule has 0 N–H and O–H groups in total. The Morgan fingerprint density at radius 3 is 2.82 bits per heavy atom. The number of hydrogen-bond acceptors (Lipinski definition) is 5. The summed E-state index contributed by atoms with van der Waals surface area (Å²) in [7, 11) is 0. The zero-order valence-electron chi connectivity index (χ0n) is 15.9. The molecule has 3 aromatic rings. The summed E-state index contributed by atoms with van der Waals surface area (Å²) in [5.41, 5.74) is 1.94. The molecule has 1 aromatic carbocycles. The summed E-state index contributed by atoms with van der Waals surface area (Å²) in [6.45, 7) is 5.23. The van der Waals surface area contributed by atoms with Gasteiger partial charge in [0.25, 0.3) is 5.91 Å². The Morgan fingerprint density at radius 1 is 1.32 bits per heavy atom. The molecule has 0 radical (unpaired) electrons. The fourth-order valence-corrected chi connectivity index (χ4v) is 4.65. The van der Waals surface area contributed by atoms with Crippen LogP contribution in [-0.4, -0.2) is 33.9 Å². The number of halogens is 1. The van der Waals surface area contributed by atoms with Crippen molar-refractivity contribution in [2.45, 2.75) is 39.0 Å². The molecule has 1 fully saturated rings. The standard InChI is InChI=1S/C21H22ClN3O2S/c1-13-19(28-14(2)24-13)21(26)25-9-3-4-16(12-25)20-23-11-18(27-20)10-15-5-7-17(22)8-6-15/h5-8,11,16H,3-4,9-10,12H2,1-2H3/t16-/m1/s1. The van der Waals surface area contributed by atoms with Gasteiger partial charge in [-0.2, -0.15) is 0 Å². The zero-order valence-corrected chi connectivity index (χ0v) is 17.5. The Kier molecular flexibility index (Phi) is 5.51. The maximum atomic E-state index is 12.9. The van der Waals surface area contributed by atoms with Crippen molar-refractivity contribution < 1.29 is 9.21 Å². The lowest BCUT2D eigenvalue weighted by molar-refractivity contribution is 0.0702. The Balaban J connectivity index is 1.44. The minimum absolute atomic E-state index is 0.0701. The molecule has 28 heavy (non-hydrogen) atoms. The molecule has 0 spiro atoms. The van der Waals surface area contributed by atoms with Crippen LogP contribution < -0.4 is 0 Å². The topological polar surface area (TPSA) is 59.2 Å². The highest BCUT2D eigenvalue weighted by atomic mass is 35.5. The van der Waals surface area contributed by atoms with E-state index in [0.29, 0.717) is 13.0 Å². The van der Waals surface area contributed by atoms with Crippen molar-refractivity contribution in [1.29, 1.82) is 0 Å². The van der Waals surface area contributed by atoms with Crippen LogP contribution in [0.4, 0.5) is 0 Å². The number of benzene rings is 1. The molecule has 0 unspecified atom stereocenters. The number of rotatable bonds is 4. The number of oxazole rings is 1. The monoisotopic (exact) mass is 415 g/mol. The highest BCUT2D eigenvalue weighted by Crippen LogP contribution is 2.29. The summed E-state index contributed by atoms with van der Waals surface area (Å²) in [5, 5.41) is 1.65. The third kappa shape index (κ3) is 4.13. The molecule has 1 aliphatic rings. The summed E-state index contributed by atoms with van der Waals surface area (Å²) < 4.78 is 6.03. The van der Waals surface area contributed by atoms with Crippen LogP contribution in [0.3, 0.4) is 0 Å². The van der Waals surface area contributed by atoms with Crippen LogP contribution in [0, 0.1) is 13.8 Å². The van der Waals surface area contributed by atoms with E-state index in [-0.39, 0.29) is 11.8 Å². The van der Waals surface area contributed by atoms with E-state index in [4.69, 9.17) is 16.0 Å². The van der Waals surface area contributed by atoms with Crippen molar-refractivity contribution in [3.05, 3.63) is 68.3 Å². The summed E-state index contributed by atoms with van der Waals surface area (Å²) in [5.74, 6) is 1.75. The van der Waals surface area contributed by atoms with E-state index in [0.717, 1.165) is 57.2 Å². The second-order valence-corrected chi connectivity index (χ2v) is 8.85. The van der Waals surface area contributed by atoms with Gasteiger partial charge in [-0.1, -0.05) is 23.7 Å². The number of carbonyl (C=O) groups excluding carboxylic acids is 1. The lowest BCUT2D eigenvalue weighted by Gasteiger charge is -2.31. The fraction of sp³-hybridized carbons (Fsp3) is 0.381. The van der Waals surface area contributed by atoms with Crippen molar-refractivity contribution in [3.63, 3.8) is 0 Å². The molecule has 3 heterocycles. The number of piperidine rings is 1. The van der Waals surface area contributed by atoms with Crippen molar-refractivity contribution in [2.24, 2.45) is 0 Å². The molecule has 1 amide bonds. The van der Waals surface area contributed by atoms with E-state index in [1.807, 2.05) is 43.0 Å². The largest absolute Gasteiger partial charge is 0.445 e. The molecule has 0 saturated carbocycles. The number of aryl methyl sites for hydroxylation is 2. The Morgan fingerprint density at radius 2 is 2.11 bits per heavy atom. The Labute approximate surface area is 173 Å². The van der Waals surface area contributed by atoms with Gasteiger partial charge in [-0.25, -0.2) is 9.97 Å². The van der Waals surface area contributed by atoms with Gasteiger partial charge in [0.1, 0.15) is 10.6 Å². The van der Waals surface area contributed by atoms with E-state index in [1.165, 1.54) is 11.3 Å². The van der Waals surface area contributed by atoms with Crippen molar-refractivity contribution in [3.8, 4) is 0 Å². The average Bonchev–Trinajstić information content (AvgIpc) is 3.29. The molecular formula is C21H22ClN3O2S. The van der Waals surface area contributed by atoms with Crippen LogP contribution in [0.25, 0.3) is 0 Å². The maximum Gasteiger partial charge on any atom is 0.265 e. The van der Waals surface area contributed by atoms with Gasteiger partial charge in [-0.15, -0.1) is 11.3 Å². The molecule has 0 aliphatic carbocycles. The number of nitrogens with zero attached hydrogens (tertiary/aromatic N) is 3. The van der Waals surface area contributed by atoms with E-state index in [2.05, 4.69) is 9.97 Å². The van der Waals surface area contributed by atoms with E-state index >= 15 is 0 Å². The highest BCUT2D eigenvalue weighted by molar-refractivity contribution is 7.13. The molecule has 2 aromatic heterocycles. The first-order valence-corrected chi connectivity index (χ1v) is 10.6. The first-order valence-electron chi connectivity index (χ1n) is 9.42. The number of amides is 1. The van der Waals surface area contributed by atoms with Crippen molar-refractivity contribution in [2.75, 3.05) is 13.1 Å². The van der Waals surface area contributed by atoms with Crippen LogP contribution in [0.2, 0.25) is 5.02 Å². The quantitative estimate of drug-likeness (QED) is 0.600. The Bertz CT molecular complexity index is 980. The normalized spacial score (nSPS) is 17.1. The minimum Gasteiger partial charge on any atom is -0.445 e. The summed E-state index contributed by atoms with van der Waals surface area (Å²) in [6.07, 6.45) is 4.40. The van der Waals surface area contributed by atoms with Gasteiger partial charge in [-0.05, 0) is 44.4 Å². The lowest BCUT2D eigenvalue weighted by Crippen LogP contribution is -2.39. The SMILES string of the molecule is Cc1nc(C)c(C(=O)N2CCC[C@@H](c3ncc(Cc4ccc(Cl)cc4)o3)C2)s1. The first kappa shape index (κ1) is 19.2. The molecular weight excluding hydrogens is 394 g/mol. The van der Waals surface area contributed by atoms with Gasteiger partial charge >= 0.3 is 0 Å². The Hall–Kier alpha value is -2.18. The number of likely N-dealkylation sites (tertiary alicyclic amines) is 1. The van der Waals surface area contributed by atoms with Crippen molar-refractivity contribution in [1.82, 2.24) is 14.9 Å². The van der Waals surface area contributed by atoms with Gasteiger partial charge < -0.3 is 9.32 Å². The van der Waals surface area contributed by atoms with Crippen LogP contribution >= 0.6 is 22.9 Å². The van der Waals surface area contributed by atoms with Crippen LogP contribution in [-0.2, 0) is 6.42 Å². The molecule has 1 aliphatic heterocycles. The third-order valence-electron chi connectivity index (χ3n) is 5.02. The zero-order chi connectivity index (χ0) is 19.7. The summed E-state index contributed by atoms with van der Waals surface area (Å²) >= 11 is 7.41. The van der Waals surface area contributed by atoms with Crippen molar-refractivity contribution >= 4 is 28.8 Å².